The Labute approximate surface area is 59.1 Å². The van der Waals surface area contributed by atoms with Crippen molar-refractivity contribution in [2.45, 2.75) is 13.5 Å². The van der Waals surface area contributed by atoms with Gasteiger partial charge in [0.2, 0.25) is 5.69 Å². The van der Waals surface area contributed by atoms with Crippen LogP contribution in [0, 0.1) is 12.1 Å². The third-order valence-corrected chi connectivity index (χ3v) is 1.30. The molecule has 0 bridgehead atoms. The second-order valence-electron chi connectivity index (χ2n) is 2.18. The largest absolute Gasteiger partial charge is 0.618 e. The molecule has 1 N–H and O–H groups in total. The van der Waals surface area contributed by atoms with Gasteiger partial charge in [0, 0.05) is 11.6 Å². The molecule has 1 rings (SSSR count). The van der Waals surface area contributed by atoms with E-state index >= 15 is 0 Å². The number of aryl methyl sites for hydroxylation is 1. The molecule has 0 aliphatic heterocycles. The van der Waals surface area contributed by atoms with Crippen LogP contribution in [0.4, 0.5) is 0 Å². The summed E-state index contributed by atoms with van der Waals surface area (Å²) in [5.41, 5.74) is 1.28. The molecule has 0 unspecified atom stereocenters. The first-order chi connectivity index (χ1) is 4.74. The van der Waals surface area contributed by atoms with E-state index in [4.69, 9.17) is 5.11 Å². The summed E-state index contributed by atoms with van der Waals surface area (Å²) in [4.78, 5) is 0. The standard InChI is InChI=1S/C7H9NO2/c1-6-2-3-7(5-9)8(10)4-6/h2-4,9H,5H2,1H3. The zero-order chi connectivity index (χ0) is 7.56. The molecular formula is C7H9NO2. The van der Waals surface area contributed by atoms with Crippen molar-refractivity contribution in [3.05, 3.63) is 34.8 Å². The molecule has 1 aromatic heterocycles. The SMILES string of the molecule is Cc1ccc(CO)[n+]([O-])c1. The summed E-state index contributed by atoms with van der Waals surface area (Å²) in [5, 5.41) is 19.4. The Morgan fingerprint density at radius 2 is 2.30 bits per heavy atom. The molecule has 0 aliphatic rings. The number of hydrogen-bond acceptors (Lipinski definition) is 2. The van der Waals surface area contributed by atoms with E-state index in [1.807, 2.05) is 6.92 Å². The van der Waals surface area contributed by atoms with Crippen LogP contribution in [-0.4, -0.2) is 5.11 Å². The van der Waals surface area contributed by atoms with Gasteiger partial charge in [0.15, 0.2) is 6.20 Å². The van der Waals surface area contributed by atoms with Crippen molar-refractivity contribution in [3.8, 4) is 0 Å². The second-order valence-corrected chi connectivity index (χ2v) is 2.18. The average Bonchev–Trinajstić information content (AvgIpc) is 1.88. The van der Waals surface area contributed by atoms with Gasteiger partial charge in [-0.25, -0.2) is 0 Å². The smallest absolute Gasteiger partial charge is 0.218 e. The molecule has 54 valence electrons. The maximum atomic E-state index is 10.8. The lowest BCUT2D eigenvalue weighted by Crippen LogP contribution is -2.31. The third-order valence-electron chi connectivity index (χ3n) is 1.30. The number of hydrogen-bond donors (Lipinski definition) is 1. The van der Waals surface area contributed by atoms with E-state index in [0.717, 1.165) is 5.56 Å². The summed E-state index contributed by atoms with van der Waals surface area (Å²) < 4.78 is 0.676. The van der Waals surface area contributed by atoms with Crippen LogP contribution in [0.25, 0.3) is 0 Å². The maximum Gasteiger partial charge on any atom is 0.218 e. The van der Waals surface area contributed by atoms with E-state index in [2.05, 4.69) is 0 Å². The first-order valence-electron chi connectivity index (χ1n) is 3.03. The Morgan fingerprint density at radius 3 is 2.80 bits per heavy atom. The molecule has 0 fully saturated rings. The van der Waals surface area contributed by atoms with Gasteiger partial charge < -0.3 is 10.3 Å². The minimum absolute atomic E-state index is 0.205. The number of rotatable bonds is 1. The van der Waals surface area contributed by atoms with E-state index in [1.165, 1.54) is 6.20 Å². The predicted octanol–water partition coefficient (Wildman–Crippen LogP) is 0.121. The molecule has 0 amide bonds. The zero-order valence-electron chi connectivity index (χ0n) is 5.74. The number of aromatic nitrogens is 1. The fourth-order valence-corrected chi connectivity index (χ4v) is 0.734. The van der Waals surface area contributed by atoms with E-state index in [0.29, 0.717) is 10.4 Å². The summed E-state index contributed by atoms with van der Waals surface area (Å²) in [5.74, 6) is 0. The van der Waals surface area contributed by atoms with Gasteiger partial charge in [-0.2, -0.15) is 4.73 Å². The number of nitrogens with zero attached hydrogens (tertiary/aromatic N) is 1. The molecule has 1 aromatic rings. The lowest BCUT2D eigenvalue weighted by Gasteiger charge is -2.00. The fourth-order valence-electron chi connectivity index (χ4n) is 0.734. The van der Waals surface area contributed by atoms with Gasteiger partial charge in [-0.15, -0.1) is 0 Å². The highest BCUT2D eigenvalue weighted by molar-refractivity contribution is 5.06. The lowest BCUT2D eigenvalue weighted by atomic mass is 10.3. The first-order valence-corrected chi connectivity index (χ1v) is 3.03. The van der Waals surface area contributed by atoms with E-state index in [9.17, 15) is 5.21 Å². The van der Waals surface area contributed by atoms with Crippen molar-refractivity contribution in [2.24, 2.45) is 0 Å². The zero-order valence-corrected chi connectivity index (χ0v) is 5.74. The maximum absolute atomic E-state index is 10.8. The summed E-state index contributed by atoms with van der Waals surface area (Å²) >= 11 is 0. The van der Waals surface area contributed by atoms with Gasteiger partial charge in [-0.3, -0.25) is 0 Å². The first kappa shape index (κ1) is 7.02. The van der Waals surface area contributed by atoms with Gasteiger partial charge in [0.25, 0.3) is 0 Å². The molecule has 3 heteroatoms. The van der Waals surface area contributed by atoms with Gasteiger partial charge >= 0.3 is 0 Å². The van der Waals surface area contributed by atoms with Crippen LogP contribution in [0.5, 0.6) is 0 Å². The quantitative estimate of drug-likeness (QED) is 0.443. The predicted molar refractivity (Wildman–Crippen MR) is 36.1 cm³/mol. The molecule has 0 atom stereocenters. The van der Waals surface area contributed by atoms with Crippen LogP contribution in [0.2, 0.25) is 0 Å². The highest BCUT2D eigenvalue weighted by atomic mass is 16.5. The van der Waals surface area contributed by atoms with E-state index in [1.54, 1.807) is 12.1 Å². The van der Waals surface area contributed by atoms with Gasteiger partial charge in [-0.05, 0) is 13.0 Å². The number of pyridine rings is 1. The van der Waals surface area contributed by atoms with Crippen molar-refractivity contribution >= 4 is 0 Å². The Hall–Kier alpha value is -1.09. The molecule has 0 saturated carbocycles. The lowest BCUT2D eigenvalue weighted by molar-refractivity contribution is -0.616. The monoisotopic (exact) mass is 139 g/mol. The molecule has 0 aliphatic carbocycles. The normalized spacial score (nSPS) is 9.80. The Kier molecular flexibility index (Phi) is 1.87. The van der Waals surface area contributed by atoms with Crippen LogP contribution >= 0.6 is 0 Å². The molecule has 10 heavy (non-hydrogen) atoms. The van der Waals surface area contributed by atoms with Crippen molar-refractivity contribution in [1.82, 2.24) is 0 Å². The van der Waals surface area contributed by atoms with Crippen LogP contribution in [0.1, 0.15) is 11.3 Å². The summed E-state index contributed by atoms with van der Waals surface area (Å²) in [6.45, 7) is 1.62. The van der Waals surface area contributed by atoms with Crippen LogP contribution in [0.15, 0.2) is 18.3 Å². The molecule has 0 saturated heterocycles. The van der Waals surface area contributed by atoms with Crippen LogP contribution < -0.4 is 4.73 Å². The molecule has 1 heterocycles. The number of aliphatic hydroxyl groups is 1. The minimum Gasteiger partial charge on any atom is -0.618 e. The van der Waals surface area contributed by atoms with E-state index in [-0.39, 0.29) is 6.61 Å². The minimum atomic E-state index is -0.205. The fraction of sp³-hybridized carbons (Fsp3) is 0.286. The highest BCUT2D eigenvalue weighted by Crippen LogP contribution is 1.94. The Balaban J connectivity index is 3.07. The Bertz CT molecular complexity index is 235. The average molecular weight is 139 g/mol. The van der Waals surface area contributed by atoms with Crippen molar-refractivity contribution < 1.29 is 9.84 Å². The highest BCUT2D eigenvalue weighted by Gasteiger charge is 2.00. The third kappa shape index (κ3) is 1.25. The number of aliphatic hydroxyl groups excluding tert-OH is 1. The van der Waals surface area contributed by atoms with Crippen LogP contribution in [-0.2, 0) is 6.61 Å². The molecule has 0 aromatic carbocycles. The van der Waals surface area contributed by atoms with Gasteiger partial charge in [-0.1, -0.05) is 0 Å². The van der Waals surface area contributed by atoms with E-state index < -0.39 is 0 Å². The molecule has 0 radical (unpaired) electrons. The molecule has 0 spiro atoms. The van der Waals surface area contributed by atoms with Gasteiger partial charge in [0.05, 0.1) is 0 Å². The summed E-state index contributed by atoms with van der Waals surface area (Å²) in [7, 11) is 0. The molecular weight excluding hydrogens is 130 g/mol. The Morgan fingerprint density at radius 1 is 1.60 bits per heavy atom. The van der Waals surface area contributed by atoms with Gasteiger partial charge in [0.1, 0.15) is 6.61 Å². The summed E-state index contributed by atoms with van der Waals surface area (Å²) in [6, 6.07) is 3.41. The summed E-state index contributed by atoms with van der Waals surface area (Å²) in [6.07, 6.45) is 1.44. The topological polar surface area (TPSA) is 47.2 Å². The van der Waals surface area contributed by atoms with Crippen molar-refractivity contribution in [2.75, 3.05) is 0 Å². The molecule has 3 nitrogen and oxygen atoms in total. The van der Waals surface area contributed by atoms with Crippen molar-refractivity contribution in [1.29, 1.82) is 0 Å². The van der Waals surface area contributed by atoms with Crippen LogP contribution in [0.3, 0.4) is 0 Å². The van der Waals surface area contributed by atoms with Crippen molar-refractivity contribution in [3.63, 3.8) is 0 Å². The second kappa shape index (κ2) is 2.66.